The smallest absolute Gasteiger partial charge is 0.326 e. The number of carbonyl (C=O) groups excluding carboxylic acids is 1. The summed E-state index contributed by atoms with van der Waals surface area (Å²) in [6.45, 7) is 1.73. The molecule has 1 aliphatic rings. The van der Waals surface area contributed by atoms with Crippen LogP contribution < -0.4 is 0 Å². The Morgan fingerprint density at radius 1 is 1.37 bits per heavy atom. The maximum Gasteiger partial charge on any atom is 0.326 e. The van der Waals surface area contributed by atoms with E-state index in [0.29, 0.717) is 0 Å². The first-order chi connectivity index (χ1) is 8.90. The fraction of sp³-hybridized carbons (Fsp3) is 0.385. The molecule has 102 valence electrons. The molecule has 0 aromatic heterocycles. The number of nitrogens with zero attached hydrogens (tertiary/aromatic N) is 1. The van der Waals surface area contributed by atoms with E-state index in [4.69, 9.17) is 5.11 Å². The molecule has 1 saturated heterocycles. The SMILES string of the molecule is Cc1ccc(C(=O)N2CC(O)C[C@H]2C(=O)O)c(O)c1. The molecule has 0 bridgehead atoms. The second kappa shape index (κ2) is 4.89. The molecule has 1 unspecified atom stereocenters. The number of aryl methyl sites for hydroxylation is 1. The van der Waals surface area contributed by atoms with Crippen molar-refractivity contribution in [3.05, 3.63) is 29.3 Å². The molecule has 0 saturated carbocycles. The first-order valence-corrected chi connectivity index (χ1v) is 5.91. The van der Waals surface area contributed by atoms with Gasteiger partial charge in [-0.1, -0.05) is 6.07 Å². The average molecular weight is 265 g/mol. The van der Waals surface area contributed by atoms with Crippen molar-refractivity contribution >= 4 is 11.9 Å². The monoisotopic (exact) mass is 265 g/mol. The molecular weight excluding hydrogens is 250 g/mol. The van der Waals surface area contributed by atoms with Gasteiger partial charge in [0.2, 0.25) is 0 Å². The fourth-order valence-corrected chi connectivity index (χ4v) is 2.25. The number of carboxylic acids is 1. The van der Waals surface area contributed by atoms with Gasteiger partial charge in [0.15, 0.2) is 0 Å². The van der Waals surface area contributed by atoms with Gasteiger partial charge in [0.05, 0.1) is 11.7 Å². The van der Waals surface area contributed by atoms with Gasteiger partial charge in [-0.25, -0.2) is 4.79 Å². The molecule has 1 aromatic rings. The number of rotatable bonds is 2. The van der Waals surface area contributed by atoms with E-state index in [9.17, 15) is 19.8 Å². The van der Waals surface area contributed by atoms with E-state index >= 15 is 0 Å². The Bertz CT molecular complexity index is 528. The number of aromatic hydroxyl groups is 1. The number of hydrogen-bond acceptors (Lipinski definition) is 4. The summed E-state index contributed by atoms with van der Waals surface area (Å²) in [7, 11) is 0. The molecule has 6 nitrogen and oxygen atoms in total. The minimum Gasteiger partial charge on any atom is -0.507 e. The number of carboxylic acid groups (broad SMARTS) is 1. The molecule has 2 atom stereocenters. The maximum atomic E-state index is 12.2. The predicted octanol–water partition coefficient (Wildman–Crippen LogP) is 0.361. The Labute approximate surface area is 109 Å². The van der Waals surface area contributed by atoms with E-state index in [-0.39, 0.29) is 24.3 Å². The van der Waals surface area contributed by atoms with Gasteiger partial charge in [0.25, 0.3) is 5.91 Å². The molecule has 1 fully saturated rings. The second-order valence-electron chi connectivity index (χ2n) is 4.72. The zero-order chi connectivity index (χ0) is 14.2. The molecular formula is C13H15NO5. The summed E-state index contributed by atoms with van der Waals surface area (Å²) >= 11 is 0. The average Bonchev–Trinajstić information content (AvgIpc) is 2.70. The highest BCUT2D eigenvalue weighted by molar-refractivity contribution is 5.99. The third-order valence-electron chi connectivity index (χ3n) is 3.21. The predicted molar refractivity (Wildman–Crippen MR) is 65.9 cm³/mol. The number of phenolic OH excluding ortho intramolecular Hbond substituents is 1. The van der Waals surface area contributed by atoms with Crippen LogP contribution in [0.1, 0.15) is 22.3 Å². The largest absolute Gasteiger partial charge is 0.507 e. The number of amides is 1. The van der Waals surface area contributed by atoms with Crippen molar-refractivity contribution in [3.8, 4) is 5.75 Å². The first kappa shape index (κ1) is 13.4. The highest BCUT2D eigenvalue weighted by Crippen LogP contribution is 2.25. The highest BCUT2D eigenvalue weighted by atomic mass is 16.4. The molecule has 2 rings (SSSR count). The van der Waals surface area contributed by atoms with Crippen molar-refractivity contribution < 1.29 is 24.9 Å². The molecule has 1 aliphatic heterocycles. The number of β-amino-alcohol motifs (C(OH)–C–C–N with tert-alkyl or cyclic N) is 1. The molecule has 3 N–H and O–H groups in total. The third-order valence-corrected chi connectivity index (χ3v) is 3.21. The van der Waals surface area contributed by atoms with E-state index < -0.39 is 24.0 Å². The van der Waals surface area contributed by atoms with Crippen LogP contribution in [0, 0.1) is 6.92 Å². The van der Waals surface area contributed by atoms with Crippen molar-refractivity contribution in [2.24, 2.45) is 0 Å². The summed E-state index contributed by atoms with van der Waals surface area (Å²) in [6, 6.07) is 3.50. The summed E-state index contributed by atoms with van der Waals surface area (Å²) in [4.78, 5) is 24.4. The number of phenols is 1. The molecule has 1 amide bonds. The highest BCUT2D eigenvalue weighted by Gasteiger charge is 2.39. The second-order valence-corrected chi connectivity index (χ2v) is 4.72. The zero-order valence-electron chi connectivity index (χ0n) is 10.4. The number of carbonyl (C=O) groups is 2. The molecule has 19 heavy (non-hydrogen) atoms. The topological polar surface area (TPSA) is 98.1 Å². The molecule has 0 radical (unpaired) electrons. The summed E-state index contributed by atoms with van der Waals surface area (Å²) in [5.41, 5.74) is 0.844. The number of benzene rings is 1. The van der Waals surface area contributed by atoms with Gasteiger partial charge >= 0.3 is 5.97 Å². The van der Waals surface area contributed by atoms with Gasteiger partial charge in [0, 0.05) is 13.0 Å². The Morgan fingerprint density at radius 2 is 2.05 bits per heavy atom. The van der Waals surface area contributed by atoms with E-state index in [1.54, 1.807) is 13.0 Å². The van der Waals surface area contributed by atoms with E-state index in [1.807, 2.05) is 0 Å². The zero-order valence-corrected chi connectivity index (χ0v) is 10.4. The Hall–Kier alpha value is -2.08. The summed E-state index contributed by atoms with van der Waals surface area (Å²) < 4.78 is 0. The first-order valence-electron chi connectivity index (χ1n) is 5.91. The van der Waals surface area contributed by atoms with Gasteiger partial charge in [0.1, 0.15) is 11.8 Å². The van der Waals surface area contributed by atoms with Gasteiger partial charge in [-0.05, 0) is 24.6 Å². The minimum absolute atomic E-state index is 0.00764. The van der Waals surface area contributed by atoms with Crippen molar-refractivity contribution in [2.75, 3.05) is 6.54 Å². The Morgan fingerprint density at radius 3 is 2.63 bits per heavy atom. The van der Waals surface area contributed by atoms with E-state index in [2.05, 4.69) is 0 Å². The lowest BCUT2D eigenvalue weighted by Crippen LogP contribution is -2.40. The van der Waals surface area contributed by atoms with Gasteiger partial charge in [-0.15, -0.1) is 0 Å². The lowest BCUT2D eigenvalue weighted by atomic mass is 10.1. The number of likely N-dealkylation sites (tertiary alicyclic amines) is 1. The maximum absolute atomic E-state index is 12.2. The molecule has 0 spiro atoms. The van der Waals surface area contributed by atoms with E-state index in [1.165, 1.54) is 12.1 Å². The molecule has 1 heterocycles. The van der Waals surface area contributed by atoms with Crippen molar-refractivity contribution in [3.63, 3.8) is 0 Å². The summed E-state index contributed by atoms with van der Waals surface area (Å²) in [5.74, 6) is -1.92. The molecule has 6 heteroatoms. The standard InChI is InChI=1S/C13H15NO5/c1-7-2-3-9(11(16)4-7)12(17)14-6-8(15)5-10(14)13(18)19/h2-4,8,10,15-16H,5-6H2,1H3,(H,18,19)/t8?,10-/m0/s1. The van der Waals surface area contributed by atoms with Crippen LogP contribution in [-0.2, 0) is 4.79 Å². The van der Waals surface area contributed by atoms with Gasteiger partial charge in [-0.2, -0.15) is 0 Å². The van der Waals surface area contributed by atoms with Crippen LogP contribution in [0.15, 0.2) is 18.2 Å². The summed E-state index contributed by atoms with van der Waals surface area (Å²) in [6.07, 6.45) is -0.842. The van der Waals surface area contributed by atoms with Crippen molar-refractivity contribution in [1.29, 1.82) is 0 Å². The van der Waals surface area contributed by atoms with Gasteiger partial charge < -0.3 is 20.2 Å². The van der Waals surface area contributed by atoms with Crippen molar-refractivity contribution in [2.45, 2.75) is 25.5 Å². The molecule has 0 aliphatic carbocycles. The van der Waals surface area contributed by atoms with Gasteiger partial charge in [-0.3, -0.25) is 4.79 Å². The minimum atomic E-state index is -1.16. The lowest BCUT2D eigenvalue weighted by molar-refractivity contribution is -0.141. The fourth-order valence-electron chi connectivity index (χ4n) is 2.25. The van der Waals surface area contributed by atoms with Crippen LogP contribution in [-0.4, -0.2) is 50.8 Å². The lowest BCUT2D eigenvalue weighted by Gasteiger charge is -2.21. The van der Waals surface area contributed by atoms with E-state index in [0.717, 1.165) is 10.5 Å². The normalized spacial score (nSPS) is 22.5. The van der Waals surface area contributed by atoms with Crippen LogP contribution in [0.4, 0.5) is 0 Å². The van der Waals surface area contributed by atoms with Crippen LogP contribution in [0.5, 0.6) is 5.75 Å². The van der Waals surface area contributed by atoms with Crippen molar-refractivity contribution in [1.82, 2.24) is 4.90 Å². The van der Waals surface area contributed by atoms with Crippen LogP contribution in [0.3, 0.4) is 0 Å². The van der Waals surface area contributed by atoms with Crippen LogP contribution in [0.25, 0.3) is 0 Å². The molecule has 1 aromatic carbocycles. The number of aliphatic hydroxyl groups is 1. The number of aliphatic hydroxyl groups excluding tert-OH is 1. The Balaban J connectivity index is 2.30. The Kier molecular flexibility index (Phi) is 3.44. The number of hydrogen-bond donors (Lipinski definition) is 3. The number of aliphatic carboxylic acids is 1. The summed E-state index contributed by atoms with van der Waals surface area (Å²) in [5, 5.41) is 28.3. The van der Waals surface area contributed by atoms with Crippen LogP contribution in [0.2, 0.25) is 0 Å². The van der Waals surface area contributed by atoms with Crippen LogP contribution >= 0.6 is 0 Å². The quantitative estimate of drug-likeness (QED) is 0.717. The third kappa shape index (κ3) is 2.53.